The average Bonchev–Trinajstić information content (AvgIpc) is 2.93. The van der Waals surface area contributed by atoms with Crippen molar-refractivity contribution in [3.05, 3.63) is 51.5 Å². The maximum atomic E-state index is 12.7. The van der Waals surface area contributed by atoms with Crippen molar-refractivity contribution in [2.75, 3.05) is 6.54 Å². The van der Waals surface area contributed by atoms with Gasteiger partial charge in [0, 0.05) is 17.1 Å². The first-order valence-electron chi connectivity index (χ1n) is 7.01. The fourth-order valence-corrected chi connectivity index (χ4v) is 3.82. The van der Waals surface area contributed by atoms with Crippen molar-refractivity contribution < 1.29 is 4.79 Å². The van der Waals surface area contributed by atoms with Gasteiger partial charge in [-0.3, -0.25) is 4.79 Å². The van der Waals surface area contributed by atoms with E-state index in [0.29, 0.717) is 5.69 Å². The number of aromatic nitrogens is 1. The first kappa shape index (κ1) is 13.3. The van der Waals surface area contributed by atoms with Gasteiger partial charge in [0.2, 0.25) is 0 Å². The molecule has 4 heteroatoms. The number of hydrogen-bond donors (Lipinski definition) is 0. The fraction of sp³-hybridized carbons (Fsp3) is 0.375. The maximum Gasteiger partial charge on any atom is 0.272 e. The zero-order valence-electron chi connectivity index (χ0n) is 11.8. The van der Waals surface area contributed by atoms with Crippen LogP contribution in [0.3, 0.4) is 0 Å². The van der Waals surface area contributed by atoms with Gasteiger partial charge in [-0.15, -0.1) is 11.3 Å². The van der Waals surface area contributed by atoms with Gasteiger partial charge in [-0.2, -0.15) is 0 Å². The second-order valence-corrected chi connectivity index (χ2v) is 6.14. The van der Waals surface area contributed by atoms with Gasteiger partial charge in [-0.05, 0) is 48.9 Å². The SMILES string of the molecule is CC[C@H]1c2ccsc2CCN1C(=O)c1cccc(C)n1. The molecule has 0 radical (unpaired) electrons. The van der Waals surface area contributed by atoms with E-state index >= 15 is 0 Å². The van der Waals surface area contributed by atoms with Crippen molar-refractivity contribution in [2.24, 2.45) is 0 Å². The molecule has 0 fully saturated rings. The fourth-order valence-electron chi connectivity index (χ4n) is 2.89. The van der Waals surface area contributed by atoms with Crippen LogP contribution in [0.5, 0.6) is 0 Å². The van der Waals surface area contributed by atoms with E-state index in [1.54, 1.807) is 11.3 Å². The number of fused-ring (bicyclic) bond motifs is 1. The van der Waals surface area contributed by atoms with E-state index in [-0.39, 0.29) is 11.9 Å². The molecule has 1 aliphatic rings. The lowest BCUT2D eigenvalue weighted by atomic mass is 9.97. The average molecular weight is 286 g/mol. The molecule has 104 valence electrons. The molecule has 0 aromatic carbocycles. The first-order chi connectivity index (χ1) is 9.70. The highest BCUT2D eigenvalue weighted by atomic mass is 32.1. The van der Waals surface area contributed by atoms with Crippen LogP contribution in [-0.2, 0) is 6.42 Å². The Morgan fingerprint density at radius 3 is 3.05 bits per heavy atom. The number of nitrogens with zero attached hydrogens (tertiary/aromatic N) is 2. The summed E-state index contributed by atoms with van der Waals surface area (Å²) in [6.07, 6.45) is 1.91. The minimum atomic E-state index is 0.0531. The minimum absolute atomic E-state index is 0.0531. The largest absolute Gasteiger partial charge is 0.330 e. The van der Waals surface area contributed by atoms with Gasteiger partial charge in [-0.1, -0.05) is 13.0 Å². The van der Waals surface area contributed by atoms with Crippen molar-refractivity contribution >= 4 is 17.2 Å². The molecule has 0 spiro atoms. The molecule has 20 heavy (non-hydrogen) atoms. The van der Waals surface area contributed by atoms with Gasteiger partial charge in [0.05, 0.1) is 6.04 Å². The highest BCUT2D eigenvalue weighted by Crippen LogP contribution is 2.35. The summed E-state index contributed by atoms with van der Waals surface area (Å²) in [5.41, 5.74) is 2.77. The second kappa shape index (κ2) is 5.37. The smallest absolute Gasteiger partial charge is 0.272 e. The highest BCUT2D eigenvalue weighted by Gasteiger charge is 2.31. The number of thiophene rings is 1. The lowest BCUT2D eigenvalue weighted by Gasteiger charge is -2.35. The van der Waals surface area contributed by atoms with E-state index in [4.69, 9.17) is 0 Å². The summed E-state index contributed by atoms with van der Waals surface area (Å²) in [5.74, 6) is 0.0531. The number of pyridine rings is 1. The molecule has 0 aliphatic carbocycles. The molecule has 3 heterocycles. The molecule has 2 aromatic heterocycles. The molecule has 1 aliphatic heterocycles. The number of amides is 1. The predicted octanol–water partition coefficient (Wildman–Crippen LogP) is 3.60. The quantitative estimate of drug-likeness (QED) is 0.845. The van der Waals surface area contributed by atoms with Crippen molar-refractivity contribution in [1.82, 2.24) is 9.88 Å². The normalized spacial score (nSPS) is 17.9. The number of hydrogen-bond acceptors (Lipinski definition) is 3. The van der Waals surface area contributed by atoms with E-state index in [2.05, 4.69) is 23.4 Å². The molecule has 0 N–H and O–H groups in total. The Labute approximate surface area is 123 Å². The predicted molar refractivity (Wildman–Crippen MR) is 81.1 cm³/mol. The molecule has 1 amide bonds. The molecule has 0 saturated heterocycles. The lowest BCUT2D eigenvalue weighted by molar-refractivity contribution is 0.0651. The monoisotopic (exact) mass is 286 g/mol. The van der Waals surface area contributed by atoms with Crippen LogP contribution in [-0.4, -0.2) is 22.3 Å². The Morgan fingerprint density at radius 1 is 1.45 bits per heavy atom. The van der Waals surface area contributed by atoms with Gasteiger partial charge in [-0.25, -0.2) is 4.98 Å². The van der Waals surface area contributed by atoms with Crippen molar-refractivity contribution in [3.8, 4) is 0 Å². The van der Waals surface area contributed by atoms with E-state index in [1.807, 2.05) is 30.0 Å². The molecule has 2 aromatic rings. The molecule has 0 bridgehead atoms. The van der Waals surface area contributed by atoms with Gasteiger partial charge in [0.25, 0.3) is 5.91 Å². The summed E-state index contributed by atoms with van der Waals surface area (Å²) in [6, 6.07) is 7.99. The molecule has 3 rings (SSSR count). The van der Waals surface area contributed by atoms with Crippen molar-refractivity contribution in [3.63, 3.8) is 0 Å². The maximum absolute atomic E-state index is 12.7. The van der Waals surface area contributed by atoms with Crippen molar-refractivity contribution in [2.45, 2.75) is 32.7 Å². The Morgan fingerprint density at radius 2 is 2.30 bits per heavy atom. The summed E-state index contributed by atoms with van der Waals surface area (Å²) in [5, 5.41) is 2.13. The molecular weight excluding hydrogens is 268 g/mol. The van der Waals surface area contributed by atoms with Crippen LogP contribution < -0.4 is 0 Å². The van der Waals surface area contributed by atoms with Gasteiger partial charge >= 0.3 is 0 Å². The lowest BCUT2D eigenvalue weighted by Crippen LogP contribution is -2.39. The van der Waals surface area contributed by atoms with Crippen LogP contribution in [0.15, 0.2) is 29.6 Å². The van der Waals surface area contributed by atoms with Crippen LogP contribution >= 0.6 is 11.3 Å². The first-order valence-corrected chi connectivity index (χ1v) is 7.89. The van der Waals surface area contributed by atoms with Crippen molar-refractivity contribution in [1.29, 1.82) is 0 Å². The third-order valence-corrected chi connectivity index (χ3v) is 4.85. The number of carbonyl (C=O) groups excluding carboxylic acids is 1. The minimum Gasteiger partial charge on any atom is -0.330 e. The Bertz CT molecular complexity index is 635. The molecule has 1 atom stereocenters. The third kappa shape index (κ3) is 2.24. The number of aryl methyl sites for hydroxylation is 1. The Balaban J connectivity index is 1.92. The van der Waals surface area contributed by atoms with Crippen LogP contribution in [0.1, 0.15) is 46.0 Å². The molecule has 3 nitrogen and oxygen atoms in total. The third-order valence-electron chi connectivity index (χ3n) is 3.85. The van der Waals surface area contributed by atoms with E-state index in [0.717, 1.165) is 25.1 Å². The number of rotatable bonds is 2. The van der Waals surface area contributed by atoms with Crippen LogP contribution in [0, 0.1) is 6.92 Å². The molecular formula is C16H18N2OS. The standard InChI is InChI=1S/C16H18N2OS/c1-3-14-12-8-10-20-15(12)7-9-18(14)16(19)13-6-4-5-11(2)17-13/h4-6,8,10,14H,3,7,9H2,1-2H3/t14-/m0/s1. The van der Waals surface area contributed by atoms with E-state index in [9.17, 15) is 4.79 Å². The van der Waals surface area contributed by atoms with E-state index < -0.39 is 0 Å². The second-order valence-electron chi connectivity index (χ2n) is 5.14. The van der Waals surface area contributed by atoms with Crippen LogP contribution in [0.4, 0.5) is 0 Å². The summed E-state index contributed by atoms with van der Waals surface area (Å²) in [6.45, 7) is 4.85. The summed E-state index contributed by atoms with van der Waals surface area (Å²) in [4.78, 5) is 20.5. The summed E-state index contributed by atoms with van der Waals surface area (Å²) in [7, 11) is 0. The summed E-state index contributed by atoms with van der Waals surface area (Å²) >= 11 is 1.80. The zero-order chi connectivity index (χ0) is 14.1. The summed E-state index contributed by atoms with van der Waals surface area (Å²) < 4.78 is 0. The van der Waals surface area contributed by atoms with Crippen LogP contribution in [0.2, 0.25) is 0 Å². The van der Waals surface area contributed by atoms with Gasteiger partial charge in [0.15, 0.2) is 0 Å². The topological polar surface area (TPSA) is 33.2 Å². The number of carbonyl (C=O) groups is 1. The molecule has 0 saturated carbocycles. The van der Waals surface area contributed by atoms with Gasteiger partial charge < -0.3 is 4.90 Å². The van der Waals surface area contributed by atoms with Gasteiger partial charge in [0.1, 0.15) is 5.69 Å². The van der Waals surface area contributed by atoms with Crippen LogP contribution in [0.25, 0.3) is 0 Å². The highest BCUT2D eigenvalue weighted by molar-refractivity contribution is 7.10. The zero-order valence-corrected chi connectivity index (χ0v) is 12.6. The molecule has 0 unspecified atom stereocenters. The Hall–Kier alpha value is -1.68. The Kier molecular flexibility index (Phi) is 3.57. The van der Waals surface area contributed by atoms with E-state index in [1.165, 1.54) is 10.4 Å².